The fourth-order valence-electron chi connectivity index (χ4n) is 3.51. The van der Waals surface area contributed by atoms with Crippen molar-refractivity contribution >= 4 is 41.3 Å². The summed E-state index contributed by atoms with van der Waals surface area (Å²) in [6.07, 6.45) is 3.59. The van der Waals surface area contributed by atoms with Gasteiger partial charge in [-0.25, -0.2) is 0 Å². The molecule has 0 fully saturated rings. The molecule has 0 N–H and O–H groups in total. The molecule has 0 nitrogen and oxygen atoms in total. The number of thiophene rings is 2. The van der Waals surface area contributed by atoms with Gasteiger partial charge in [0, 0.05) is 0 Å². The van der Waals surface area contributed by atoms with Gasteiger partial charge in [0.15, 0.2) is 0 Å². The molecule has 0 aromatic carbocycles. The Morgan fingerprint density at radius 1 is 0.862 bits per heavy atom. The molecule has 2 aromatic rings. The van der Waals surface area contributed by atoms with Gasteiger partial charge in [0.05, 0.1) is 0 Å². The van der Waals surface area contributed by atoms with Crippen molar-refractivity contribution in [3.63, 3.8) is 0 Å². The van der Waals surface area contributed by atoms with Gasteiger partial charge in [0.2, 0.25) is 0 Å². The van der Waals surface area contributed by atoms with E-state index >= 15 is 0 Å². The molecule has 3 heteroatoms. The van der Waals surface area contributed by atoms with Crippen LogP contribution in [-0.2, 0) is 12.8 Å². The fourth-order valence-corrected chi connectivity index (χ4v) is 6.48. The zero-order valence-electron chi connectivity index (χ0n) is 20.4. The van der Waals surface area contributed by atoms with Gasteiger partial charge in [-0.05, 0) is 0 Å². The molecule has 0 saturated carbocycles. The van der Waals surface area contributed by atoms with E-state index in [1.165, 1.54) is 29.0 Å². The summed E-state index contributed by atoms with van der Waals surface area (Å²) in [5.74, 6) is 1.91. The molecule has 160 valence electrons. The molecule has 0 aliphatic heterocycles. The predicted molar refractivity (Wildman–Crippen MR) is 136 cm³/mol. The van der Waals surface area contributed by atoms with Crippen molar-refractivity contribution < 1.29 is 0 Å². The Morgan fingerprint density at radius 3 is 1.97 bits per heavy atom. The zero-order valence-corrected chi connectivity index (χ0v) is 24.5. The fraction of sp³-hybridized carbons (Fsp3) is 0.692. The molecule has 0 aliphatic rings. The average molecular weight is 487 g/mol. The Morgan fingerprint density at radius 2 is 1.48 bits per heavy atom. The van der Waals surface area contributed by atoms with Gasteiger partial charge in [-0.1, -0.05) is 0 Å². The van der Waals surface area contributed by atoms with Crippen molar-refractivity contribution in [2.75, 3.05) is 0 Å². The summed E-state index contributed by atoms with van der Waals surface area (Å²) in [5.41, 5.74) is 3.52. The van der Waals surface area contributed by atoms with Crippen molar-refractivity contribution in [3.8, 4) is 9.75 Å². The van der Waals surface area contributed by atoms with E-state index in [1.54, 1.807) is 20.9 Å². The van der Waals surface area contributed by atoms with Gasteiger partial charge >= 0.3 is 200 Å². The van der Waals surface area contributed by atoms with Crippen molar-refractivity contribution in [3.05, 3.63) is 33.0 Å². The van der Waals surface area contributed by atoms with Crippen LogP contribution in [0.25, 0.3) is 9.75 Å². The van der Waals surface area contributed by atoms with E-state index in [4.69, 9.17) is 0 Å². The van der Waals surface area contributed by atoms with E-state index in [0.29, 0.717) is 27.1 Å². The molecular formula is C26H41GaS2. The Balaban J connectivity index is 2.55. The van der Waals surface area contributed by atoms with Crippen molar-refractivity contribution in [1.29, 1.82) is 0 Å². The van der Waals surface area contributed by atoms with Crippen LogP contribution in [0.1, 0.15) is 108 Å². The third-order valence-electron chi connectivity index (χ3n) is 6.50. The summed E-state index contributed by atoms with van der Waals surface area (Å²) in [4.78, 5) is 6.19. The Labute approximate surface area is 198 Å². The molecule has 0 spiro atoms. The summed E-state index contributed by atoms with van der Waals surface area (Å²) in [6.45, 7) is 23.7. The molecule has 0 bridgehead atoms. The quantitative estimate of drug-likeness (QED) is 0.309. The molecule has 0 amide bonds. The van der Waals surface area contributed by atoms with Crippen LogP contribution in [0, 0.1) is 11.3 Å². The van der Waals surface area contributed by atoms with E-state index in [1.807, 2.05) is 29.9 Å². The van der Waals surface area contributed by atoms with Crippen molar-refractivity contribution in [2.45, 2.75) is 104 Å². The van der Waals surface area contributed by atoms with E-state index in [2.05, 4.69) is 92.7 Å². The number of hydrogen-bond donors (Lipinski definition) is 0. The molecule has 2 heterocycles. The second kappa shape index (κ2) is 9.67. The average Bonchev–Trinajstić information content (AvgIpc) is 3.18. The minimum absolute atomic E-state index is 0.354. The summed E-state index contributed by atoms with van der Waals surface area (Å²) >= 11 is 6.00. The van der Waals surface area contributed by atoms with E-state index < -0.39 is 0 Å². The van der Waals surface area contributed by atoms with Gasteiger partial charge < -0.3 is 0 Å². The second-order valence-electron chi connectivity index (χ2n) is 10.8. The zero-order chi connectivity index (χ0) is 22.1. The Hall–Kier alpha value is 0.0364. The first-order valence-electron chi connectivity index (χ1n) is 11.3. The van der Waals surface area contributed by atoms with E-state index in [-0.39, 0.29) is 0 Å². The van der Waals surface area contributed by atoms with Crippen LogP contribution in [0.3, 0.4) is 0 Å². The number of hydrogen-bond acceptors (Lipinski definition) is 2. The van der Waals surface area contributed by atoms with Gasteiger partial charge in [-0.3, -0.25) is 0 Å². The van der Waals surface area contributed by atoms with Crippen LogP contribution in [-0.4, -0.2) is 18.6 Å². The van der Waals surface area contributed by atoms with Gasteiger partial charge in [0.25, 0.3) is 0 Å². The van der Waals surface area contributed by atoms with Crippen LogP contribution in [0.5, 0.6) is 0 Å². The summed E-state index contributed by atoms with van der Waals surface area (Å²) in [6, 6.07) is 5.07. The maximum absolute atomic E-state index is 2.55. The monoisotopic (exact) mass is 486 g/mol. The molecular weight excluding hydrogens is 446 g/mol. The first kappa shape index (κ1) is 25.3. The Bertz CT molecular complexity index is 803. The molecule has 2 aromatic heterocycles. The molecule has 0 aliphatic carbocycles. The normalized spacial score (nSPS) is 14.9. The van der Waals surface area contributed by atoms with Crippen LogP contribution in [0.4, 0.5) is 0 Å². The molecule has 1 atom stereocenters. The molecule has 29 heavy (non-hydrogen) atoms. The maximum atomic E-state index is 2.55. The van der Waals surface area contributed by atoms with Crippen LogP contribution < -0.4 is 0 Å². The molecule has 2 radical (unpaired) electrons. The minimum atomic E-state index is 0.354. The molecule has 1 unspecified atom stereocenters. The van der Waals surface area contributed by atoms with E-state index in [9.17, 15) is 0 Å². The number of rotatable bonds is 9. The third kappa shape index (κ3) is 6.27. The van der Waals surface area contributed by atoms with Crippen LogP contribution in [0.2, 0.25) is 3.97 Å². The molecule has 2 rings (SSSR count). The predicted octanol–water partition coefficient (Wildman–Crippen LogP) is 9.25. The second-order valence-corrected chi connectivity index (χ2v) is 15.8. The van der Waals surface area contributed by atoms with Crippen molar-refractivity contribution in [1.82, 2.24) is 0 Å². The topological polar surface area (TPSA) is 0 Å². The van der Waals surface area contributed by atoms with Gasteiger partial charge in [0.1, 0.15) is 0 Å². The summed E-state index contributed by atoms with van der Waals surface area (Å²) < 4.78 is 0.389. The third-order valence-corrected chi connectivity index (χ3v) is 11.5. The SMILES string of the molecule is CCC(C)(C)Cc1cc(C(C)C)sc1-c1cc(C[C](C)([Ga])C(C)C)c(C(C)C)s1. The first-order valence-corrected chi connectivity index (χ1v) is 14.2. The standard InChI is InChI=1S/C26H41S2.Ga/c1-11-26(9,10)15-21-14-22(17(4)5)27-25(21)23-13-20(12-19(8)16(2)3)24(28-23)18(6)7;/h13-14,16-18H,11-12,15H2,1-10H3;. The van der Waals surface area contributed by atoms with Gasteiger partial charge in [-0.2, -0.15) is 0 Å². The van der Waals surface area contributed by atoms with Crippen molar-refractivity contribution in [2.24, 2.45) is 11.3 Å². The molecule has 0 saturated heterocycles. The van der Waals surface area contributed by atoms with E-state index in [0.717, 1.165) is 0 Å². The van der Waals surface area contributed by atoms with Gasteiger partial charge in [-0.15, -0.1) is 0 Å². The summed E-state index contributed by atoms with van der Waals surface area (Å²) in [7, 11) is 0. The Kier molecular flexibility index (Phi) is 8.44. The summed E-state index contributed by atoms with van der Waals surface area (Å²) in [5, 5.41) is 0. The first-order chi connectivity index (χ1) is 13.3. The van der Waals surface area contributed by atoms with Crippen LogP contribution >= 0.6 is 22.7 Å². The van der Waals surface area contributed by atoms with Crippen LogP contribution in [0.15, 0.2) is 12.1 Å².